The highest BCUT2D eigenvalue weighted by molar-refractivity contribution is 6.01. The zero-order valence-corrected chi connectivity index (χ0v) is 19.7. The Morgan fingerprint density at radius 2 is 1.85 bits per heavy atom. The third-order valence-corrected chi connectivity index (χ3v) is 8.92. The summed E-state index contributed by atoms with van der Waals surface area (Å²) in [7, 11) is 0. The van der Waals surface area contributed by atoms with E-state index in [1.165, 1.54) is 19.1 Å². The van der Waals surface area contributed by atoms with Crippen molar-refractivity contribution in [2.75, 3.05) is 6.61 Å². The SMILES string of the molecule is CC(=O)OCC(=O)[C@@]1(OC(C)=O)CC[C@H]2[C@@H]3C[C@H](F)C4=CC(=O)C=C[C@]4(C)[C@@]3(F)[C@@H](O)C[C@@]21C. The van der Waals surface area contributed by atoms with Crippen LogP contribution in [0.2, 0.25) is 0 Å². The maximum absolute atomic E-state index is 17.1. The number of aliphatic hydroxyl groups is 1. The second-order valence-corrected chi connectivity index (χ2v) is 10.5. The molecule has 0 unspecified atom stereocenters. The average Bonchev–Trinajstić information content (AvgIpc) is 3.02. The first-order valence-corrected chi connectivity index (χ1v) is 11.6. The molecule has 4 rings (SSSR count). The Labute approximate surface area is 196 Å². The normalized spacial score (nSPS) is 44.9. The molecule has 8 atom stereocenters. The van der Waals surface area contributed by atoms with Crippen molar-refractivity contribution < 1.29 is 42.5 Å². The highest BCUT2D eigenvalue weighted by Crippen LogP contribution is 2.70. The lowest BCUT2D eigenvalue weighted by molar-refractivity contribution is -0.228. The fourth-order valence-electron chi connectivity index (χ4n) is 7.40. The molecule has 3 saturated carbocycles. The van der Waals surface area contributed by atoms with Gasteiger partial charge in [-0.15, -0.1) is 0 Å². The molecule has 1 N–H and O–H groups in total. The van der Waals surface area contributed by atoms with E-state index in [9.17, 15) is 24.3 Å². The van der Waals surface area contributed by atoms with E-state index < -0.39 is 76.3 Å². The lowest BCUT2D eigenvalue weighted by atomic mass is 9.44. The molecule has 7 nitrogen and oxygen atoms in total. The van der Waals surface area contributed by atoms with Crippen molar-refractivity contribution in [1.82, 2.24) is 0 Å². The Morgan fingerprint density at radius 3 is 2.47 bits per heavy atom. The number of Topliss-reactive ketones (excluding diaryl/α,β-unsaturated/α-hetero) is 1. The van der Waals surface area contributed by atoms with E-state index in [0.29, 0.717) is 0 Å². The topological polar surface area (TPSA) is 107 Å². The van der Waals surface area contributed by atoms with Gasteiger partial charge in [-0.05, 0) is 56.3 Å². The second kappa shape index (κ2) is 7.80. The number of ketones is 2. The number of hydrogen-bond acceptors (Lipinski definition) is 7. The van der Waals surface area contributed by atoms with Gasteiger partial charge in [0.25, 0.3) is 0 Å². The van der Waals surface area contributed by atoms with E-state index in [1.54, 1.807) is 6.92 Å². The van der Waals surface area contributed by atoms with Crippen LogP contribution in [0, 0.1) is 22.7 Å². The molecule has 34 heavy (non-hydrogen) atoms. The molecular weight excluding hydrogens is 450 g/mol. The first kappa shape index (κ1) is 24.7. The van der Waals surface area contributed by atoms with Gasteiger partial charge in [0.15, 0.2) is 23.7 Å². The number of alkyl halides is 2. The zero-order chi connectivity index (χ0) is 25.3. The minimum Gasteiger partial charge on any atom is -0.458 e. The summed E-state index contributed by atoms with van der Waals surface area (Å²) in [5.74, 6) is -4.11. The van der Waals surface area contributed by atoms with Gasteiger partial charge in [-0.25, -0.2) is 8.78 Å². The predicted octanol–water partition coefficient (Wildman–Crippen LogP) is 2.74. The van der Waals surface area contributed by atoms with Crippen LogP contribution in [-0.4, -0.2) is 58.8 Å². The van der Waals surface area contributed by atoms with Crippen LogP contribution in [0.1, 0.15) is 53.4 Å². The number of halogens is 2. The maximum atomic E-state index is 17.1. The highest BCUT2D eigenvalue weighted by Gasteiger charge is 2.76. The molecule has 0 bridgehead atoms. The second-order valence-electron chi connectivity index (χ2n) is 10.5. The summed E-state index contributed by atoms with van der Waals surface area (Å²) >= 11 is 0. The first-order valence-electron chi connectivity index (χ1n) is 11.6. The van der Waals surface area contributed by atoms with E-state index in [2.05, 4.69) is 0 Å². The fraction of sp³-hybridized carbons (Fsp3) is 0.680. The molecule has 0 saturated heterocycles. The van der Waals surface area contributed by atoms with Crippen LogP contribution in [0.5, 0.6) is 0 Å². The monoisotopic (exact) mass is 480 g/mol. The van der Waals surface area contributed by atoms with Crippen LogP contribution >= 0.6 is 0 Å². The molecule has 0 aromatic carbocycles. The van der Waals surface area contributed by atoms with Crippen LogP contribution in [-0.2, 0) is 28.7 Å². The number of allylic oxidation sites excluding steroid dienone is 4. The third kappa shape index (κ3) is 3.08. The molecule has 0 aromatic rings. The number of esters is 2. The van der Waals surface area contributed by atoms with Crippen LogP contribution in [0.4, 0.5) is 8.78 Å². The summed E-state index contributed by atoms with van der Waals surface area (Å²) in [6.45, 7) is 4.81. The molecule has 4 aliphatic rings. The lowest BCUT2D eigenvalue weighted by Gasteiger charge is -2.63. The Bertz CT molecular complexity index is 1020. The molecule has 4 aliphatic carbocycles. The summed E-state index contributed by atoms with van der Waals surface area (Å²) in [4.78, 5) is 48.7. The van der Waals surface area contributed by atoms with E-state index in [4.69, 9.17) is 9.47 Å². The summed E-state index contributed by atoms with van der Waals surface area (Å²) in [6, 6.07) is 0. The van der Waals surface area contributed by atoms with Gasteiger partial charge < -0.3 is 14.6 Å². The van der Waals surface area contributed by atoms with Crippen molar-refractivity contribution in [3.63, 3.8) is 0 Å². The Kier molecular flexibility index (Phi) is 5.66. The number of carbonyl (C=O) groups excluding carboxylic acids is 4. The lowest BCUT2D eigenvalue weighted by Crippen LogP contribution is -2.70. The van der Waals surface area contributed by atoms with E-state index in [0.717, 1.165) is 19.9 Å². The molecule has 0 spiro atoms. The molecule has 0 radical (unpaired) electrons. The van der Waals surface area contributed by atoms with Gasteiger partial charge in [-0.2, -0.15) is 0 Å². The number of hydrogen-bond donors (Lipinski definition) is 1. The third-order valence-electron chi connectivity index (χ3n) is 8.92. The number of aliphatic hydroxyl groups excluding tert-OH is 1. The summed E-state index contributed by atoms with van der Waals surface area (Å²) in [5.41, 5.74) is -6.80. The number of rotatable bonds is 4. The largest absolute Gasteiger partial charge is 0.458 e. The van der Waals surface area contributed by atoms with Crippen LogP contribution < -0.4 is 0 Å². The predicted molar refractivity (Wildman–Crippen MR) is 115 cm³/mol. The molecule has 9 heteroatoms. The molecule has 0 aromatic heterocycles. The summed E-state index contributed by atoms with van der Waals surface area (Å²) in [5, 5.41) is 11.3. The average molecular weight is 481 g/mol. The van der Waals surface area contributed by atoms with Crippen molar-refractivity contribution >= 4 is 23.5 Å². The van der Waals surface area contributed by atoms with Crippen molar-refractivity contribution in [3.05, 3.63) is 23.8 Å². The van der Waals surface area contributed by atoms with Gasteiger partial charge in [-0.3, -0.25) is 19.2 Å². The van der Waals surface area contributed by atoms with Gasteiger partial charge in [-0.1, -0.05) is 13.0 Å². The van der Waals surface area contributed by atoms with Crippen LogP contribution in [0.15, 0.2) is 23.8 Å². The van der Waals surface area contributed by atoms with Gasteiger partial charge >= 0.3 is 11.9 Å². The Balaban J connectivity index is 1.81. The number of ether oxygens (including phenoxy) is 2. The minimum absolute atomic E-state index is 0.0107. The van der Waals surface area contributed by atoms with Gasteiger partial charge in [0, 0.05) is 30.6 Å². The van der Waals surface area contributed by atoms with Crippen molar-refractivity contribution in [2.45, 2.75) is 76.9 Å². The standard InChI is InChI=1S/C25H30F2O7/c1-13(28)33-12-21(32)24(34-14(2)29)8-6-16-17-10-19(26)18-9-15(30)5-7-22(18,3)25(17,27)20(31)11-23(16,24)4/h5,7,9,16-17,19-20,31H,6,8,10-12H2,1-4H3/t16-,17-,19-,20-,22-,23-,24-,25-/m0/s1. The van der Waals surface area contributed by atoms with Crippen molar-refractivity contribution in [2.24, 2.45) is 22.7 Å². The highest BCUT2D eigenvalue weighted by atomic mass is 19.1. The van der Waals surface area contributed by atoms with Crippen LogP contribution in [0.25, 0.3) is 0 Å². The molecule has 186 valence electrons. The first-order chi connectivity index (χ1) is 15.7. The summed E-state index contributed by atoms with van der Waals surface area (Å²) < 4.78 is 43.1. The molecular formula is C25H30F2O7. The molecule has 0 amide bonds. The van der Waals surface area contributed by atoms with Gasteiger partial charge in [0.05, 0.1) is 6.10 Å². The minimum atomic E-state index is -2.30. The molecule has 0 heterocycles. The fourth-order valence-corrected chi connectivity index (χ4v) is 7.40. The number of fused-ring (bicyclic) bond motifs is 5. The van der Waals surface area contributed by atoms with Gasteiger partial charge in [0.2, 0.25) is 5.78 Å². The molecule has 0 aliphatic heterocycles. The van der Waals surface area contributed by atoms with Crippen molar-refractivity contribution in [3.8, 4) is 0 Å². The quantitative estimate of drug-likeness (QED) is 0.617. The van der Waals surface area contributed by atoms with E-state index in [1.807, 2.05) is 0 Å². The number of carbonyl (C=O) groups is 4. The van der Waals surface area contributed by atoms with Crippen molar-refractivity contribution in [1.29, 1.82) is 0 Å². The van der Waals surface area contributed by atoms with Crippen LogP contribution in [0.3, 0.4) is 0 Å². The summed E-state index contributed by atoms with van der Waals surface area (Å²) in [6.07, 6.45) is 0.200. The Hall–Kier alpha value is -2.42. The zero-order valence-electron chi connectivity index (χ0n) is 19.7. The Morgan fingerprint density at radius 1 is 1.18 bits per heavy atom. The smallest absolute Gasteiger partial charge is 0.303 e. The molecule has 3 fully saturated rings. The van der Waals surface area contributed by atoms with E-state index >= 15 is 8.78 Å². The van der Waals surface area contributed by atoms with Gasteiger partial charge in [0.1, 0.15) is 6.17 Å². The van der Waals surface area contributed by atoms with E-state index in [-0.39, 0.29) is 31.3 Å². The maximum Gasteiger partial charge on any atom is 0.303 e.